The molecule has 2 heteroatoms. The highest BCUT2D eigenvalue weighted by atomic mass is 15.1. The van der Waals surface area contributed by atoms with Gasteiger partial charge in [-0.2, -0.15) is 0 Å². The summed E-state index contributed by atoms with van der Waals surface area (Å²) in [6, 6.07) is 62.6. The first-order valence-electron chi connectivity index (χ1n) is 21.5. The molecule has 0 saturated carbocycles. The van der Waals surface area contributed by atoms with Crippen LogP contribution in [0.3, 0.4) is 0 Å². The molecular weight excluding hydrogens is 737 g/mol. The maximum absolute atomic E-state index is 3.91. The fourth-order valence-electron chi connectivity index (χ4n) is 9.50. The van der Waals surface area contributed by atoms with E-state index in [1.807, 2.05) is 12.2 Å². The Kier molecular flexibility index (Phi) is 10.3. The fourth-order valence-corrected chi connectivity index (χ4v) is 9.50. The van der Waals surface area contributed by atoms with E-state index in [-0.39, 0.29) is 5.92 Å². The van der Waals surface area contributed by atoms with Crippen molar-refractivity contribution in [3.8, 4) is 11.1 Å². The van der Waals surface area contributed by atoms with E-state index < -0.39 is 0 Å². The third-order valence-electron chi connectivity index (χ3n) is 12.3. The number of hydrogen-bond donors (Lipinski definition) is 0. The molecule has 0 aromatic heterocycles. The molecule has 8 aromatic rings. The van der Waals surface area contributed by atoms with Crippen LogP contribution in [-0.2, 0) is 12.8 Å². The van der Waals surface area contributed by atoms with Crippen molar-refractivity contribution in [1.29, 1.82) is 0 Å². The van der Waals surface area contributed by atoms with Crippen LogP contribution in [0, 0.1) is 0 Å². The number of rotatable bonds is 10. The summed E-state index contributed by atoms with van der Waals surface area (Å²) < 4.78 is 0. The third-order valence-corrected chi connectivity index (χ3v) is 12.3. The molecule has 0 fully saturated rings. The highest BCUT2D eigenvalue weighted by Crippen LogP contribution is 2.48. The molecule has 2 aliphatic carbocycles. The van der Waals surface area contributed by atoms with Crippen LogP contribution in [-0.4, -0.2) is 0 Å². The highest BCUT2D eigenvalue weighted by molar-refractivity contribution is 6.17. The number of hydrogen-bond acceptors (Lipinski definition) is 2. The smallest absolute Gasteiger partial charge is 0.0468 e. The minimum Gasteiger partial charge on any atom is -0.314 e. The third kappa shape index (κ3) is 7.32. The van der Waals surface area contributed by atoms with Crippen LogP contribution in [0.5, 0.6) is 0 Å². The maximum Gasteiger partial charge on any atom is 0.0468 e. The molecule has 0 saturated heterocycles. The van der Waals surface area contributed by atoms with Gasteiger partial charge in [-0.25, -0.2) is 0 Å². The van der Waals surface area contributed by atoms with Crippen molar-refractivity contribution >= 4 is 62.1 Å². The monoisotopic (exact) mass is 784 g/mol. The first-order valence-corrected chi connectivity index (χ1v) is 21.5. The largest absolute Gasteiger partial charge is 0.314 e. The Morgan fingerprint density at radius 1 is 0.557 bits per heavy atom. The summed E-state index contributed by atoms with van der Waals surface area (Å²) >= 11 is 0. The van der Waals surface area contributed by atoms with Crippen LogP contribution in [0.4, 0.5) is 28.4 Å². The number of nitrogens with zero attached hydrogens (tertiary/aromatic N) is 2. The summed E-state index contributed by atoms with van der Waals surface area (Å²) in [5.41, 5.74) is 16.0. The second-order valence-corrected chi connectivity index (χ2v) is 16.1. The summed E-state index contributed by atoms with van der Waals surface area (Å²) in [5.74, 6) is 0.165. The molecule has 1 unspecified atom stereocenters. The van der Waals surface area contributed by atoms with Crippen molar-refractivity contribution in [3.63, 3.8) is 0 Å². The van der Waals surface area contributed by atoms with Crippen molar-refractivity contribution in [2.75, 3.05) is 9.80 Å². The average Bonchev–Trinajstić information content (AvgIpc) is 3.32. The first-order chi connectivity index (χ1) is 30.1. The minimum atomic E-state index is 0.165. The Morgan fingerprint density at radius 2 is 1.23 bits per heavy atom. The topological polar surface area (TPSA) is 6.48 Å². The number of para-hydroxylation sites is 3. The van der Waals surface area contributed by atoms with Crippen LogP contribution in [0.1, 0.15) is 47.1 Å². The van der Waals surface area contributed by atoms with Crippen LogP contribution in [0.2, 0.25) is 0 Å². The van der Waals surface area contributed by atoms with E-state index >= 15 is 0 Å². The average molecular weight is 785 g/mol. The molecule has 0 bridgehead atoms. The van der Waals surface area contributed by atoms with E-state index in [0.717, 1.165) is 53.4 Å². The van der Waals surface area contributed by atoms with Gasteiger partial charge in [0, 0.05) is 40.1 Å². The van der Waals surface area contributed by atoms with Crippen LogP contribution in [0.25, 0.3) is 44.8 Å². The Bertz CT molecular complexity index is 2980. The summed E-state index contributed by atoms with van der Waals surface area (Å²) in [7, 11) is 0. The predicted molar refractivity (Wildman–Crippen MR) is 263 cm³/mol. The summed E-state index contributed by atoms with van der Waals surface area (Å²) in [6.07, 6.45) is 20.5. The Hall–Kier alpha value is -7.42. The molecule has 0 heterocycles. The molecule has 61 heavy (non-hydrogen) atoms. The zero-order valence-electron chi connectivity index (χ0n) is 34.6. The van der Waals surface area contributed by atoms with E-state index in [0.29, 0.717) is 0 Å². The van der Waals surface area contributed by atoms with Gasteiger partial charge in [-0.1, -0.05) is 152 Å². The number of allylic oxidation sites excluding steroid dienone is 7. The zero-order chi connectivity index (χ0) is 41.1. The van der Waals surface area contributed by atoms with Gasteiger partial charge < -0.3 is 9.80 Å². The second kappa shape index (κ2) is 16.7. The van der Waals surface area contributed by atoms with Gasteiger partial charge in [-0.15, -0.1) is 0 Å². The lowest BCUT2D eigenvalue weighted by Crippen LogP contribution is -2.14. The number of fused-ring (bicyclic) bond motifs is 4. The summed E-state index contributed by atoms with van der Waals surface area (Å²) in [4.78, 5) is 4.76. The maximum atomic E-state index is 3.91. The second-order valence-electron chi connectivity index (χ2n) is 16.1. The molecule has 2 nitrogen and oxygen atoms in total. The Labute approximate surface area is 360 Å². The van der Waals surface area contributed by atoms with E-state index in [4.69, 9.17) is 0 Å². The van der Waals surface area contributed by atoms with Crippen molar-refractivity contribution in [2.24, 2.45) is 0 Å². The molecule has 0 spiro atoms. The van der Waals surface area contributed by atoms with E-state index in [9.17, 15) is 0 Å². The van der Waals surface area contributed by atoms with Crippen molar-refractivity contribution in [2.45, 2.75) is 32.1 Å². The minimum absolute atomic E-state index is 0.165. The molecular formula is C59H48N2. The van der Waals surface area contributed by atoms with E-state index in [1.54, 1.807) is 0 Å². The van der Waals surface area contributed by atoms with Gasteiger partial charge in [0.1, 0.15) is 0 Å². The van der Waals surface area contributed by atoms with Crippen molar-refractivity contribution in [1.82, 2.24) is 0 Å². The Balaban J connectivity index is 1.29. The van der Waals surface area contributed by atoms with Gasteiger partial charge in [0.15, 0.2) is 0 Å². The number of benzene rings is 8. The van der Waals surface area contributed by atoms with Crippen LogP contribution in [0.15, 0.2) is 219 Å². The molecule has 0 N–H and O–H groups in total. The lowest BCUT2D eigenvalue weighted by Gasteiger charge is -2.30. The molecule has 2 aliphatic rings. The van der Waals surface area contributed by atoms with Crippen molar-refractivity contribution in [3.05, 3.63) is 246 Å². The van der Waals surface area contributed by atoms with Crippen LogP contribution >= 0.6 is 0 Å². The predicted octanol–water partition coefficient (Wildman–Crippen LogP) is 16.2. The molecule has 294 valence electrons. The Morgan fingerprint density at radius 3 is 1.98 bits per heavy atom. The lowest BCUT2D eigenvalue weighted by atomic mass is 9.78. The molecule has 10 rings (SSSR count). The summed E-state index contributed by atoms with van der Waals surface area (Å²) in [6.45, 7) is 6.09. The molecule has 0 radical (unpaired) electrons. The van der Waals surface area contributed by atoms with Gasteiger partial charge >= 0.3 is 0 Å². The molecule has 1 atom stereocenters. The van der Waals surface area contributed by atoms with Gasteiger partial charge in [0.2, 0.25) is 0 Å². The molecule has 8 aromatic carbocycles. The highest BCUT2D eigenvalue weighted by Gasteiger charge is 2.26. The van der Waals surface area contributed by atoms with Crippen LogP contribution < -0.4 is 9.80 Å². The van der Waals surface area contributed by atoms with Gasteiger partial charge in [-0.3, -0.25) is 0 Å². The SMILES string of the molecule is C=C/C=C\C=C(/C)N(c1ccccc1)c1ccc2c(-c3ccc4c(c3)C=CCC4)c3cc(N(c4ccccc4)c4ccccc4)ccc3c(C3C=Cc4ccccc4C3)c2c1. The van der Waals surface area contributed by atoms with Gasteiger partial charge in [0.05, 0.1) is 0 Å². The quantitative estimate of drug-likeness (QED) is 0.101. The zero-order valence-corrected chi connectivity index (χ0v) is 34.6. The van der Waals surface area contributed by atoms with E-state index in [2.05, 4.69) is 230 Å². The van der Waals surface area contributed by atoms with Gasteiger partial charge in [0.25, 0.3) is 0 Å². The van der Waals surface area contributed by atoms with Gasteiger partial charge in [-0.05, 0) is 159 Å². The summed E-state index contributed by atoms with van der Waals surface area (Å²) in [5, 5.41) is 5.05. The lowest BCUT2D eigenvalue weighted by molar-refractivity contribution is 0.841. The normalized spacial score (nSPS) is 14.6. The van der Waals surface area contributed by atoms with E-state index in [1.165, 1.54) is 60.5 Å². The molecule has 0 aliphatic heterocycles. The standard InChI is InChI=1S/C59H48N2/c1-3-4-8-19-42(2)60(49-24-9-5-10-25-49)52-34-36-54-56(40-52)58(47-32-30-43-20-15-17-22-45(43)38-47)55-37-35-53(61(50-26-11-6-12-27-50)51-28-13-7-14-29-51)41-57(55)59(54)48-33-31-44-21-16-18-23-46(44)39-48/h3-15,17-20,22-37,39-41,47H,1,16,21,38H2,2H3/b8-4-,42-19+. The first kappa shape index (κ1) is 37.8. The molecule has 0 amide bonds. The number of aryl methyl sites for hydroxylation is 1. The fraction of sp³-hybridized carbons (Fsp3) is 0.0847. The van der Waals surface area contributed by atoms with Crippen molar-refractivity contribution < 1.29 is 0 Å². The number of anilines is 5.